The Bertz CT molecular complexity index is 941. The topological polar surface area (TPSA) is 36.1 Å². The van der Waals surface area contributed by atoms with E-state index in [1.807, 2.05) is 24.3 Å². The van der Waals surface area contributed by atoms with Gasteiger partial charge in [-0.1, -0.05) is 18.2 Å². The number of carbonyl (C=O) groups excluding carboxylic acids is 1. The number of para-hydroxylation sites is 1. The summed E-state index contributed by atoms with van der Waals surface area (Å²) in [5.41, 5.74) is 2.88. The van der Waals surface area contributed by atoms with Gasteiger partial charge in [0.25, 0.3) is 5.91 Å². The minimum atomic E-state index is -1.57. The summed E-state index contributed by atoms with van der Waals surface area (Å²) in [7, 11) is 0. The summed E-state index contributed by atoms with van der Waals surface area (Å²) >= 11 is 0. The van der Waals surface area contributed by atoms with Crippen molar-refractivity contribution >= 4 is 16.8 Å². The molecule has 0 radical (unpaired) electrons. The molecule has 0 saturated heterocycles. The molecule has 122 valence electrons. The lowest BCUT2D eigenvalue weighted by Crippen LogP contribution is -2.36. The van der Waals surface area contributed by atoms with Crippen LogP contribution in [0.5, 0.6) is 0 Å². The van der Waals surface area contributed by atoms with Gasteiger partial charge in [0.1, 0.15) is 0 Å². The first-order chi connectivity index (χ1) is 11.5. The molecule has 2 heterocycles. The maximum atomic E-state index is 13.4. The third-order valence-electron chi connectivity index (χ3n) is 4.40. The van der Waals surface area contributed by atoms with Gasteiger partial charge in [0, 0.05) is 47.2 Å². The summed E-state index contributed by atoms with van der Waals surface area (Å²) in [5.74, 6) is -4.79. The molecule has 2 aromatic carbocycles. The van der Waals surface area contributed by atoms with Crippen LogP contribution < -0.4 is 0 Å². The second-order valence-electron chi connectivity index (χ2n) is 5.86. The summed E-state index contributed by atoms with van der Waals surface area (Å²) < 4.78 is 39.8. The van der Waals surface area contributed by atoms with E-state index in [0.29, 0.717) is 19.5 Å². The number of halogens is 3. The second-order valence-corrected chi connectivity index (χ2v) is 5.86. The Balaban J connectivity index is 1.68. The van der Waals surface area contributed by atoms with Crippen LogP contribution in [0.4, 0.5) is 13.2 Å². The molecule has 0 spiro atoms. The van der Waals surface area contributed by atoms with E-state index < -0.39 is 23.4 Å². The zero-order chi connectivity index (χ0) is 16.8. The van der Waals surface area contributed by atoms with E-state index in [1.54, 1.807) is 0 Å². The van der Waals surface area contributed by atoms with Crippen molar-refractivity contribution in [3.63, 3.8) is 0 Å². The molecule has 3 aromatic rings. The number of nitrogens with zero attached hydrogens (tertiary/aromatic N) is 1. The van der Waals surface area contributed by atoms with Gasteiger partial charge in [-0.3, -0.25) is 4.79 Å². The number of rotatable bonds is 1. The van der Waals surface area contributed by atoms with E-state index in [0.717, 1.165) is 34.3 Å². The van der Waals surface area contributed by atoms with Crippen LogP contribution in [0.15, 0.2) is 36.4 Å². The number of H-pyrrole nitrogens is 1. The molecule has 1 N–H and O–H groups in total. The number of aromatic amines is 1. The highest BCUT2D eigenvalue weighted by molar-refractivity contribution is 5.95. The molecule has 0 saturated carbocycles. The zero-order valence-electron chi connectivity index (χ0n) is 12.6. The highest BCUT2D eigenvalue weighted by Gasteiger charge is 2.26. The maximum absolute atomic E-state index is 13.4. The van der Waals surface area contributed by atoms with E-state index in [4.69, 9.17) is 0 Å². The normalized spacial score (nSPS) is 14.0. The van der Waals surface area contributed by atoms with Gasteiger partial charge < -0.3 is 9.88 Å². The number of fused-ring (bicyclic) bond motifs is 3. The molecule has 3 nitrogen and oxygen atoms in total. The number of benzene rings is 2. The third-order valence-corrected chi connectivity index (χ3v) is 4.40. The molecule has 4 rings (SSSR count). The van der Waals surface area contributed by atoms with E-state index in [1.165, 1.54) is 4.90 Å². The quantitative estimate of drug-likeness (QED) is 0.677. The number of aromatic nitrogens is 1. The van der Waals surface area contributed by atoms with Crippen LogP contribution in [0.1, 0.15) is 21.6 Å². The molecule has 1 amide bonds. The van der Waals surface area contributed by atoms with Gasteiger partial charge in [0.2, 0.25) is 0 Å². The van der Waals surface area contributed by atoms with Crippen LogP contribution in [0.3, 0.4) is 0 Å². The Morgan fingerprint density at radius 1 is 1.08 bits per heavy atom. The number of hydrogen-bond donors (Lipinski definition) is 1. The van der Waals surface area contributed by atoms with Crippen molar-refractivity contribution in [2.24, 2.45) is 0 Å². The Hall–Kier alpha value is -2.76. The molecule has 24 heavy (non-hydrogen) atoms. The Kier molecular flexibility index (Phi) is 3.33. The number of hydrogen-bond acceptors (Lipinski definition) is 1. The first-order valence-electron chi connectivity index (χ1n) is 7.57. The highest BCUT2D eigenvalue weighted by Crippen LogP contribution is 2.28. The van der Waals surface area contributed by atoms with Crippen molar-refractivity contribution in [1.82, 2.24) is 9.88 Å². The summed E-state index contributed by atoms with van der Waals surface area (Å²) in [6.45, 7) is 0.776. The smallest absolute Gasteiger partial charge is 0.254 e. The van der Waals surface area contributed by atoms with Crippen molar-refractivity contribution in [2.45, 2.75) is 13.0 Å². The Labute approximate surface area is 135 Å². The number of amides is 1. The summed E-state index contributed by atoms with van der Waals surface area (Å²) in [6, 6.07) is 9.26. The van der Waals surface area contributed by atoms with Crippen molar-refractivity contribution in [2.75, 3.05) is 6.54 Å². The van der Waals surface area contributed by atoms with Crippen LogP contribution in [-0.4, -0.2) is 22.3 Å². The molecule has 1 aliphatic rings. The summed E-state index contributed by atoms with van der Waals surface area (Å²) in [4.78, 5) is 17.4. The van der Waals surface area contributed by atoms with Gasteiger partial charge >= 0.3 is 0 Å². The van der Waals surface area contributed by atoms with Gasteiger partial charge in [-0.25, -0.2) is 13.2 Å². The molecule has 6 heteroatoms. The first-order valence-corrected chi connectivity index (χ1v) is 7.57. The van der Waals surface area contributed by atoms with E-state index in [9.17, 15) is 18.0 Å². The molecule has 0 aliphatic carbocycles. The molecule has 1 aromatic heterocycles. The van der Waals surface area contributed by atoms with E-state index >= 15 is 0 Å². The van der Waals surface area contributed by atoms with Gasteiger partial charge in [0.05, 0.1) is 0 Å². The fourth-order valence-corrected chi connectivity index (χ4v) is 3.20. The van der Waals surface area contributed by atoms with Gasteiger partial charge in [0.15, 0.2) is 17.5 Å². The van der Waals surface area contributed by atoms with Crippen LogP contribution >= 0.6 is 0 Å². The molecule has 0 bridgehead atoms. The number of carbonyl (C=O) groups is 1. The summed E-state index contributed by atoms with van der Waals surface area (Å²) in [5, 5.41) is 1.03. The largest absolute Gasteiger partial charge is 0.358 e. The minimum Gasteiger partial charge on any atom is -0.358 e. The lowest BCUT2D eigenvalue weighted by Gasteiger charge is -2.27. The van der Waals surface area contributed by atoms with Crippen molar-refractivity contribution in [1.29, 1.82) is 0 Å². The standard InChI is InChI=1S/C18H13F3N2O/c19-13-7-10(8-14(20)17(13)21)18(24)23-6-5-16-12(9-23)11-3-1-2-4-15(11)22-16/h1-4,7-8,22H,5-6,9H2. The van der Waals surface area contributed by atoms with Gasteiger partial charge in [-0.15, -0.1) is 0 Å². The maximum Gasteiger partial charge on any atom is 0.254 e. The SMILES string of the molecule is O=C(c1cc(F)c(F)c(F)c1)N1CCc2[nH]c3ccccc3c2C1. The second kappa shape index (κ2) is 5.40. The zero-order valence-corrected chi connectivity index (χ0v) is 12.6. The Morgan fingerprint density at radius 2 is 1.79 bits per heavy atom. The molecule has 0 atom stereocenters. The van der Waals surface area contributed by atoms with Crippen LogP contribution in [-0.2, 0) is 13.0 Å². The minimum absolute atomic E-state index is 0.185. The highest BCUT2D eigenvalue weighted by atomic mass is 19.2. The lowest BCUT2D eigenvalue weighted by molar-refractivity contribution is 0.0734. The number of nitrogens with one attached hydrogen (secondary N) is 1. The molecular weight excluding hydrogens is 317 g/mol. The predicted octanol–water partition coefficient (Wildman–Crippen LogP) is 3.78. The van der Waals surface area contributed by atoms with Crippen molar-refractivity contribution < 1.29 is 18.0 Å². The van der Waals surface area contributed by atoms with Crippen LogP contribution in [0.2, 0.25) is 0 Å². The molecule has 1 aliphatic heterocycles. The van der Waals surface area contributed by atoms with Crippen LogP contribution in [0, 0.1) is 17.5 Å². The molecular formula is C18H13F3N2O. The fraction of sp³-hybridized carbons (Fsp3) is 0.167. The van der Waals surface area contributed by atoms with Gasteiger partial charge in [-0.2, -0.15) is 0 Å². The van der Waals surface area contributed by atoms with E-state index in [2.05, 4.69) is 4.98 Å². The lowest BCUT2D eigenvalue weighted by atomic mass is 10.0. The van der Waals surface area contributed by atoms with Crippen LogP contribution in [0.25, 0.3) is 10.9 Å². The monoisotopic (exact) mass is 330 g/mol. The predicted molar refractivity (Wildman–Crippen MR) is 83.1 cm³/mol. The fourth-order valence-electron chi connectivity index (χ4n) is 3.20. The van der Waals surface area contributed by atoms with Gasteiger partial charge in [-0.05, 0) is 18.2 Å². The first kappa shape index (κ1) is 14.8. The van der Waals surface area contributed by atoms with Crippen molar-refractivity contribution in [3.8, 4) is 0 Å². The summed E-state index contributed by atoms with van der Waals surface area (Å²) in [6.07, 6.45) is 0.627. The van der Waals surface area contributed by atoms with E-state index in [-0.39, 0.29) is 5.56 Å². The average molecular weight is 330 g/mol. The van der Waals surface area contributed by atoms with Crippen molar-refractivity contribution in [3.05, 3.63) is 70.7 Å². The third kappa shape index (κ3) is 2.26. The Morgan fingerprint density at radius 3 is 2.54 bits per heavy atom. The molecule has 0 unspecified atom stereocenters. The molecule has 0 fully saturated rings. The average Bonchev–Trinajstić information content (AvgIpc) is 2.96.